The van der Waals surface area contributed by atoms with Crippen molar-refractivity contribution in [1.29, 1.82) is 0 Å². The monoisotopic (exact) mass is 588 g/mol. The maximum absolute atomic E-state index is 13.3. The molecule has 14 heteroatoms. The fraction of sp³-hybridized carbons (Fsp3) is 0.0833. The van der Waals surface area contributed by atoms with Crippen LogP contribution in [0.2, 0.25) is 10.0 Å². The Morgan fingerprint density at radius 3 is 2.71 bits per heavy atom. The number of nitro groups is 1. The van der Waals surface area contributed by atoms with Crippen molar-refractivity contribution in [2.75, 3.05) is 4.90 Å². The molecule has 2 aromatic carbocycles. The summed E-state index contributed by atoms with van der Waals surface area (Å²) in [5, 5.41) is 31.6. The highest BCUT2D eigenvalue weighted by molar-refractivity contribution is 8.00. The third-order valence-electron chi connectivity index (χ3n) is 5.56. The Hall–Kier alpha value is -3.71. The number of rotatable bonds is 8. The van der Waals surface area contributed by atoms with Gasteiger partial charge in [0.1, 0.15) is 0 Å². The zero-order valence-electron chi connectivity index (χ0n) is 18.9. The van der Waals surface area contributed by atoms with E-state index in [4.69, 9.17) is 27.6 Å². The first-order valence-electron chi connectivity index (χ1n) is 10.7. The predicted molar refractivity (Wildman–Crippen MR) is 142 cm³/mol. The van der Waals surface area contributed by atoms with Crippen LogP contribution in [0.1, 0.15) is 27.7 Å². The number of furan rings is 1. The number of hydrogen-bond acceptors (Lipinski definition) is 10. The predicted octanol–water partition coefficient (Wildman–Crippen LogP) is 6.42. The van der Waals surface area contributed by atoms with Crippen molar-refractivity contribution in [3.63, 3.8) is 0 Å². The molecule has 1 atom stereocenters. The molecule has 0 fully saturated rings. The van der Waals surface area contributed by atoms with E-state index in [0.717, 1.165) is 21.8 Å². The first-order chi connectivity index (χ1) is 18.2. The van der Waals surface area contributed by atoms with Crippen molar-refractivity contribution >= 4 is 68.8 Å². The molecule has 0 saturated heterocycles. The van der Waals surface area contributed by atoms with E-state index in [0.29, 0.717) is 20.1 Å². The van der Waals surface area contributed by atoms with Crippen LogP contribution in [0.15, 0.2) is 80.9 Å². The Morgan fingerprint density at radius 1 is 1.18 bits per heavy atom. The molecule has 0 aliphatic carbocycles. The minimum Gasteiger partial charge on any atom is -0.503 e. The summed E-state index contributed by atoms with van der Waals surface area (Å²) in [4.78, 5) is 38.5. The topological polar surface area (TPSA) is 140 Å². The maximum Gasteiger partial charge on any atom is 0.296 e. The zero-order valence-corrected chi connectivity index (χ0v) is 22.1. The summed E-state index contributed by atoms with van der Waals surface area (Å²) in [5.41, 5.74) is 0.501. The molecule has 1 unspecified atom stereocenters. The van der Waals surface area contributed by atoms with Gasteiger partial charge in [-0.1, -0.05) is 64.5 Å². The number of ketones is 1. The molecule has 10 nitrogen and oxygen atoms in total. The normalized spacial score (nSPS) is 15.4. The molecule has 0 spiro atoms. The van der Waals surface area contributed by atoms with E-state index >= 15 is 0 Å². The lowest BCUT2D eigenvalue weighted by Crippen LogP contribution is -2.31. The largest absolute Gasteiger partial charge is 0.503 e. The molecule has 0 radical (unpaired) electrons. The number of benzene rings is 2. The smallest absolute Gasteiger partial charge is 0.296 e. The highest BCUT2D eigenvalue weighted by Crippen LogP contribution is 2.44. The lowest BCUT2D eigenvalue weighted by atomic mass is 9.95. The molecular formula is C24H14Cl2N4O6S2. The van der Waals surface area contributed by atoms with Gasteiger partial charge in [0, 0.05) is 27.9 Å². The van der Waals surface area contributed by atoms with Gasteiger partial charge in [-0.3, -0.25) is 24.6 Å². The van der Waals surface area contributed by atoms with Crippen LogP contribution in [0, 0.1) is 10.1 Å². The number of nitro benzene ring substituents is 1. The van der Waals surface area contributed by atoms with Crippen LogP contribution < -0.4 is 4.90 Å². The van der Waals surface area contributed by atoms with Gasteiger partial charge in [0.25, 0.3) is 11.6 Å². The Bertz CT molecular complexity index is 1600. The summed E-state index contributed by atoms with van der Waals surface area (Å²) in [6, 6.07) is 12.3. The molecule has 0 saturated carbocycles. The number of thioether (sulfide) groups is 1. The molecule has 1 N–H and O–H groups in total. The van der Waals surface area contributed by atoms with Crippen molar-refractivity contribution in [3.05, 3.63) is 109 Å². The van der Waals surface area contributed by atoms with Gasteiger partial charge < -0.3 is 9.52 Å². The highest BCUT2D eigenvalue weighted by atomic mass is 35.5. The summed E-state index contributed by atoms with van der Waals surface area (Å²) < 4.78 is 5.68. The van der Waals surface area contributed by atoms with Gasteiger partial charge in [0.2, 0.25) is 10.9 Å². The van der Waals surface area contributed by atoms with Gasteiger partial charge in [0.15, 0.2) is 15.9 Å². The van der Waals surface area contributed by atoms with Crippen molar-refractivity contribution in [1.82, 2.24) is 10.2 Å². The zero-order chi connectivity index (χ0) is 27.0. The Balaban J connectivity index is 1.51. The Morgan fingerprint density at radius 2 is 2.00 bits per heavy atom. The quantitative estimate of drug-likeness (QED) is 0.0810. The first-order valence-corrected chi connectivity index (χ1v) is 13.3. The fourth-order valence-electron chi connectivity index (χ4n) is 3.84. The number of halogens is 2. The van der Waals surface area contributed by atoms with Crippen LogP contribution in [0.4, 0.5) is 10.8 Å². The molecule has 0 bridgehead atoms. The van der Waals surface area contributed by atoms with E-state index < -0.39 is 28.4 Å². The lowest BCUT2D eigenvalue weighted by molar-refractivity contribution is -0.384. The molecule has 5 rings (SSSR count). The number of carbonyl (C=O) groups excluding carboxylic acids is 2. The lowest BCUT2D eigenvalue weighted by Gasteiger charge is -2.23. The Kier molecular flexibility index (Phi) is 7.21. The van der Waals surface area contributed by atoms with Gasteiger partial charge in [-0.15, -0.1) is 10.2 Å². The second-order valence-corrected chi connectivity index (χ2v) is 10.9. The van der Waals surface area contributed by atoms with E-state index in [9.17, 15) is 24.8 Å². The third kappa shape index (κ3) is 4.90. The first kappa shape index (κ1) is 25.9. The molecule has 1 aliphatic heterocycles. The van der Waals surface area contributed by atoms with Gasteiger partial charge in [-0.05, 0) is 35.4 Å². The second-order valence-electron chi connectivity index (χ2n) is 7.87. The number of anilines is 1. The summed E-state index contributed by atoms with van der Waals surface area (Å²) in [6.45, 7) is 0. The number of amides is 1. The standard InChI is InChI=1S/C24H14Cl2N4O6S2/c25-14-7-6-13(16(26)10-14)11-37-24-28-27-23(38-24)29-19(12-3-1-4-15(9-12)30(34)35)18(21(32)22(29)33)20(31)17-5-2-8-36-17/h1-10,19,32H,11H2. The molecule has 1 aliphatic rings. The van der Waals surface area contributed by atoms with Crippen LogP contribution in [-0.2, 0) is 10.5 Å². The number of aliphatic hydroxyl groups is 1. The number of aromatic nitrogens is 2. The summed E-state index contributed by atoms with van der Waals surface area (Å²) >= 11 is 14.6. The number of aliphatic hydroxyl groups excluding tert-OH is 1. The van der Waals surface area contributed by atoms with Crippen molar-refractivity contribution in [3.8, 4) is 0 Å². The second kappa shape index (κ2) is 10.6. The summed E-state index contributed by atoms with van der Waals surface area (Å²) in [7, 11) is 0. The molecular weight excluding hydrogens is 575 g/mol. The van der Waals surface area contributed by atoms with Crippen LogP contribution in [-0.4, -0.2) is 31.9 Å². The molecule has 2 aromatic heterocycles. The van der Waals surface area contributed by atoms with Gasteiger partial charge >= 0.3 is 0 Å². The number of Topliss-reactive ketones (excluding diaryl/α,β-unsaturated/α-hetero) is 1. The summed E-state index contributed by atoms with van der Waals surface area (Å²) in [6.07, 6.45) is 1.28. The number of nitrogens with zero attached hydrogens (tertiary/aromatic N) is 4. The minimum atomic E-state index is -1.21. The number of non-ortho nitro benzene ring substituents is 1. The molecule has 192 valence electrons. The van der Waals surface area contributed by atoms with Crippen LogP contribution >= 0.6 is 46.3 Å². The number of hydrogen-bond donors (Lipinski definition) is 1. The summed E-state index contributed by atoms with van der Waals surface area (Å²) in [5.74, 6) is -2.11. The average Bonchev–Trinajstić information content (AvgIpc) is 3.64. The molecule has 1 amide bonds. The van der Waals surface area contributed by atoms with Crippen molar-refractivity contribution in [2.24, 2.45) is 0 Å². The van der Waals surface area contributed by atoms with Crippen LogP contribution in [0.3, 0.4) is 0 Å². The Labute approximate surface area is 232 Å². The van der Waals surface area contributed by atoms with Gasteiger partial charge in [-0.25, -0.2) is 0 Å². The van der Waals surface area contributed by atoms with E-state index in [2.05, 4.69) is 10.2 Å². The van der Waals surface area contributed by atoms with E-state index in [1.807, 2.05) is 0 Å². The van der Waals surface area contributed by atoms with E-state index in [1.165, 1.54) is 54.4 Å². The minimum absolute atomic E-state index is 0.0880. The fourth-order valence-corrected chi connectivity index (χ4v) is 6.26. The number of carbonyl (C=O) groups is 2. The average molecular weight is 589 g/mol. The molecule has 38 heavy (non-hydrogen) atoms. The molecule has 4 aromatic rings. The third-order valence-corrected chi connectivity index (χ3v) is 8.25. The van der Waals surface area contributed by atoms with Gasteiger partial charge in [-0.2, -0.15) is 0 Å². The van der Waals surface area contributed by atoms with Crippen molar-refractivity contribution in [2.45, 2.75) is 16.1 Å². The van der Waals surface area contributed by atoms with E-state index in [1.54, 1.807) is 18.2 Å². The van der Waals surface area contributed by atoms with Crippen LogP contribution in [0.5, 0.6) is 0 Å². The maximum atomic E-state index is 13.3. The van der Waals surface area contributed by atoms with Crippen molar-refractivity contribution < 1.29 is 24.0 Å². The molecule has 3 heterocycles. The van der Waals surface area contributed by atoms with Crippen LogP contribution in [0.25, 0.3) is 0 Å². The SMILES string of the molecule is O=C(C1=C(O)C(=O)N(c2nnc(SCc3ccc(Cl)cc3Cl)s2)C1c1cccc([N+](=O)[O-])c1)c1ccco1. The van der Waals surface area contributed by atoms with Gasteiger partial charge in [0.05, 0.1) is 22.8 Å². The highest BCUT2D eigenvalue weighted by Gasteiger charge is 2.47. The van der Waals surface area contributed by atoms with E-state index in [-0.39, 0.29) is 27.7 Å².